The summed E-state index contributed by atoms with van der Waals surface area (Å²) in [6, 6.07) is 0. The number of aliphatic hydroxyl groups is 2. The second-order valence-corrected chi connectivity index (χ2v) is 2.64. The molecule has 60 valence electrons. The van der Waals surface area contributed by atoms with Gasteiger partial charge in [0.05, 0.1) is 12.2 Å². The number of aliphatic hydroxyl groups excluding tert-OH is 2. The highest BCUT2D eigenvalue weighted by Crippen LogP contribution is 2.24. The van der Waals surface area contributed by atoms with Gasteiger partial charge in [-0.25, -0.2) is 8.78 Å². The fraction of sp³-hybridized carbons (Fsp3) is 1.00. The maximum atomic E-state index is 12.4. The van der Waals surface area contributed by atoms with Gasteiger partial charge in [-0.15, -0.1) is 0 Å². The Morgan fingerprint density at radius 1 is 0.900 bits per heavy atom. The highest BCUT2D eigenvalue weighted by atomic mass is 19.2. The molecule has 0 saturated heterocycles. The summed E-state index contributed by atoms with van der Waals surface area (Å²) in [5, 5.41) is 17.6. The molecule has 0 bridgehead atoms. The molecule has 1 aliphatic rings. The van der Waals surface area contributed by atoms with E-state index in [2.05, 4.69) is 0 Å². The number of rotatable bonds is 0. The lowest BCUT2D eigenvalue weighted by molar-refractivity contribution is -0.0619. The normalized spacial score (nSPS) is 49.2. The van der Waals surface area contributed by atoms with Gasteiger partial charge < -0.3 is 10.2 Å². The Balaban J connectivity index is 2.46. The van der Waals surface area contributed by atoms with E-state index in [4.69, 9.17) is 10.2 Å². The Morgan fingerprint density at radius 3 is 1.50 bits per heavy atom. The van der Waals surface area contributed by atoms with Gasteiger partial charge in [0, 0.05) is 12.8 Å². The highest BCUT2D eigenvalue weighted by Gasteiger charge is 2.35. The summed E-state index contributed by atoms with van der Waals surface area (Å²) in [5.74, 6) is 0. The summed E-state index contributed by atoms with van der Waals surface area (Å²) in [6.07, 6.45) is -5.99. The summed E-state index contributed by atoms with van der Waals surface area (Å²) < 4.78 is 24.7. The van der Waals surface area contributed by atoms with E-state index in [-0.39, 0.29) is 12.8 Å². The Bertz CT molecular complexity index is 94.3. The molecule has 0 spiro atoms. The van der Waals surface area contributed by atoms with Gasteiger partial charge in [0.1, 0.15) is 12.3 Å². The van der Waals surface area contributed by atoms with Gasteiger partial charge >= 0.3 is 0 Å². The van der Waals surface area contributed by atoms with Gasteiger partial charge in [-0.1, -0.05) is 0 Å². The minimum atomic E-state index is -1.61. The molecule has 0 heterocycles. The number of hydrogen-bond acceptors (Lipinski definition) is 2. The molecule has 0 amide bonds. The lowest BCUT2D eigenvalue weighted by atomic mass is 9.92. The standard InChI is InChI=1S/C6H10F2O2/c7-3-1-5(9)6(10)2-4(3)8/h3-6,9-10H,1-2H2. The predicted molar refractivity (Wildman–Crippen MR) is 31.0 cm³/mol. The smallest absolute Gasteiger partial charge is 0.134 e. The van der Waals surface area contributed by atoms with Crippen LogP contribution in [0.25, 0.3) is 0 Å². The van der Waals surface area contributed by atoms with Crippen LogP contribution in [0, 0.1) is 0 Å². The van der Waals surface area contributed by atoms with Crippen LogP contribution in [0.3, 0.4) is 0 Å². The Labute approximate surface area is 57.5 Å². The molecule has 4 heteroatoms. The number of halogens is 2. The number of hydrogen-bond donors (Lipinski definition) is 2. The van der Waals surface area contributed by atoms with Gasteiger partial charge in [0.2, 0.25) is 0 Å². The van der Waals surface area contributed by atoms with E-state index in [1.54, 1.807) is 0 Å². The third-order valence-corrected chi connectivity index (χ3v) is 1.77. The molecule has 4 unspecified atom stereocenters. The summed E-state index contributed by atoms with van der Waals surface area (Å²) in [4.78, 5) is 0. The molecule has 1 aliphatic carbocycles. The van der Waals surface area contributed by atoms with Crippen LogP contribution in [0.1, 0.15) is 12.8 Å². The monoisotopic (exact) mass is 152 g/mol. The molecule has 1 rings (SSSR count). The lowest BCUT2D eigenvalue weighted by Crippen LogP contribution is -2.41. The molecular formula is C6H10F2O2. The summed E-state index contributed by atoms with van der Waals surface area (Å²) >= 11 is 0. The maximum absolute atomic E-state index is 12.4. The van der Waals surface area contributed by atoms with Crippen LogP contribution in [-0.4, -0.2) is 34.8 Å². The van der Waals surface area contributed by atoms with Crippen LogP contribution < -0.4 is 0 Å². The van der Waals surface area contributed by atoms with Crippen molar-refractivity contribution >= 4 is 0 Å². The number of alkyl halides is 2. The van der Waals surface area contributed by atoms with E-state index in [1.807, 2.05) is 0 Å². The van der Waals surface area contributed by atoms with Crippen LogP contribution in [0.5, 0.6) is 0 Å². The Kier molecular flexibility index (Phi) is 2.21. The maximum Gasteiger partial charge on any atom is 0.134 e. The second-order valence-electron chi connectivity index (χ2n) is 2.64. The zero-order chi connectivity index (χ0) is 7.72. The van der Waals surface area contributed by atoms with E-state index in [9.17, 15) is 8.78 Å². The first-order valence-electron chi connectivity index (χ1n) is 3.25. The predicted octanol–water partition coefficient (Wildman–Crippen LogP) is 0.178. The average molecular weight is 152 g/mol. The molecule has 0 radical (unpaired) electrons. The van der Waals surface area contributed by atoms with Crippen molar-refractivity contribution in [2.75, 3.05) is 0 Å². The van der Waals surface area contributed by atoms with Crippen molar-refractivity contribution in [2.24, 2.45) is 0 Å². The molecule has 0 aromatic rings. The van der Waals surface area contributed by atoms with Gasteiger partial charge in [0.25, 0.3) is 0 Å². The third kappa shape index (κ3) is 1.44. The lowest BCUT2D eigenvalue weighted by Gasteiger charge is -2.28. The van der Waals surface area contributed by atoms with Crippen molar-refractivity contribution in [1.29, 1.82) is 0 Å². The van der Waals surface area contributed by atoms with Crippen molar-refractivity contribution in [2.45, 2.75) is 37.4 Å². The van der Waals surface area contributed by atoms with Crippen molar-refractivity contribution < 1.29 is 19.0 Å². The zero-order valence-electron chi connectivity index (χ0n) is 5.37. The van der Waals surface area contributed by atoms with Crippen LogP contribution in [0.15, 0.2) is 0 Å². The molecule has 0 aliphatic heterocycles. The van der Waals surface area contributed by atoms with Gasteiger partial charge in [-0.3, -0.25) is 0 Å². The van der Waals surface area contributed by atoms with Crippen molar-refractivity contribution in [3.05, 3.63) is 0 Å². The van der Waals surface area contributed by atoms with Crippen LogP contribution in [0.4, 0.5) is 8.78 Å². The van der Waals surface area contributed by atoms with E-state index in [0.29, 0.717) is 0 Å². The highest BCUT2D eigenvalue weighted by molar-refractivity contribution is 4.85. The first-order chi connectivity index (χ1) is 4.61. The molecule has 4 atom stereocenters. The Morgan fingerprint density at radius 2 is 1.20 bits per heavy atom. The summed E-state index contributed by atoms with van der Waals surface area (Å²) in [5.41, 5.74) is 0. The van der Waals surface area contributed by atoms with Crippen molar-refractivity contribution in [3.8, 4) is 0 Å². The molecule has 2 nitrogen and oxygen atoms in total. The van der Waals surface area contributed by atoms with Gasteiger partial charge in [0.15, 0.2) is 0 Å². The van der Waals surface area contributed by atoms with Crippen LogP contribution in [-0.2, 0) is 0 Å². The zero-order valence-corrected chi connectivity index (χ0v) is 5.37. The van der Waals surface area contributed by atoms with Crippen molar-refractivity contribution in [1.82, 2.24) is 0 Å². The van der Waals surface area contributed by atoms with E-state index >= 15 is 0 Å². The molecule has 0 aromatic heterocycles. The first-order valence-corrected chi connectivity index (χ1v) is 3.25. The molecule has 0 aromatic carbocycles. The third-order valence-electron chi connectivity index (χ3n) is 1.77. The first kappa shape index (κ1) is 7.88. The van der Waals surface area contributed by atoms with Crippen LogP contribution >= 0.6 is 0 Å². The van der Waals surface area contributed by atoms with Gasteiger partial charge in [-0.05, 0) is 0 Å². The second kappa shape index (κ2) is 2.80. The van der Waals surface area contributed by atoms with Gasteiger partial charge in [-0.2, -0.15) is 0 Å². The topological polar surface area (TPSA) is 40.5 Å². The molecule has 1 saturated carbocycles. The fourth-order valence-corrected chi connectivity index (χ4v) is 1.07. The van der Waals surface area contributed by atoms with E-state index in [1.165, 1.54) is 0 Å². The minimum absolute atomic E-state index is 0.289. The average Bonchev–Trinajstić information content (AvgIpc) is 1.84. The van der Waals surface area contributed by atoms with Crippen LogP contribution in [0.2, 0.25) is 0 Å². The van der Waals surface area contributed by atoms with E-state index < -0.39 is 24.6 Å². The summed E-state index contributed by atoms with van der Waals surface area (Å²) in [6.45, 7) is 0. The largest absolute Gasteiger partial charge is 0.390 e. The van der Waals surface area contributed by atoms with E-state index in [0.717, 1.165) is 0 Å². The van der Waals surface area contributed by atoms with Crippen molar-refractivity contribution in [3.63, 3.8) is 0 Å². The fourth-order valence-electron chi connectivity index (χ4n) is 1.07. The quantitative estimate of drug-likeness (QED) is 0.519. The summed E-state index contributed by atoms with van der Waals surface area (Å²) in [7, 11) is 0. The Hall–Kier alpha value is -0.220. The minimum Gasteiger partial charge on any atom is -0.390 e. The molecular weight excluding hydrogens is 142 g/mol. The molecule has 10 heavy (non-hydrogen) atoms. The molecule has 2 N–H and O–H groups in total. The molecule has 1 fully saturated rings. The SMILES string of the molecule is OC1CC(F)C(F)CC1O.